The van der Waals surface area contributed by atoms with E-state index < -0.39 is 0 Å². The highest BCUT2D eigenvalue weighted by atomic mass is 15.5. The van der Waals surface area contributed by atoms with Crippen LogP contribution in [0.1, 0.15) is 19.8 Å². The van der Waals surface area contributed by atoms with Crippen LogP contribution in [-0.2, 0) is 0 Å². The van der Waals surface area contributed by atoms with E-state index >= 15 is 0 Å². The summed E-state index contributed by atoms with van der Waals surface area (Å²) in [6.45, 7) is 4.64. The Labute approximate surface area is 89.0 Å². The average molecular weight is 198 g/mol. The molecule has 0 atom stereocenters. The molecule has 82 valence electrons. The molecule has 1 rings (SSSR count). The van der Waals surface area contributed by atoms with E-state index in [4.69, 9.17) is 0 Å². The summed E-state index contributed by atoms with van der Waals surface area (Å²) < 4.78 is 2.24. The fraction of sp³-hybridized carbons (Fsp3) is 0.833. The lowest BCUT2D eigenvalue weighted by atomic mass is 10.2. The minimum absolute atomic E-state index is 0.731. The molecule has 0 aromatic heterocycles. The van der Waals surface area contributed by atoms with Crippen LogP contribution in [0.5, 0.6) is 0 Å². The van der Waals surface area contributed by atoms with Crippen molar-refractivity contribution < 1.29 is 8.97 Å². The summed E-state index contributed by atoms with van der Waals surface area (Å²) in [7, 11) is 9.43. The quantitative estimate of drug-likeness (QED) is 0.469. The Kier molecular flexibility index (Phi) is 3.38. The Morgan fingerprint density at radius 2 is 1.43 bits per heavy atom. The van der Waals surface area contributed by atoms with Crippen LogP contribution in [-0.4, -0.2) is 56.4 Å². The third-order valence-electron chi connectivity index (χ3n) is 3.48. The highest BCUT2D eigenvalue weighted by Gasteiger charge is 2.40. The van der Waals surface area contributed by atoms with Gasteiger partial charge in [-0.1, -0.05) is 6.92 Å². The molecule has 0 saturated heterocycles. The zero-order valence-corrected chi connectivity index (χ0v) is 10.5. The highest BCUT2D eigenvalue weighted by molar-refractivity contribution is 4.83. The Morgan fingerprint density at radius 1 is 1.00 bits per heavy atom. The maximum Gasteiger partial charge on any atom is 0.216 e. The zero-order valence-electron chi connectivity index (χ0n) is 10.5. The highest BCUT2D eigenvalue weighted by Crippen LogP contribution is 2.23. The largest absolute Gasteiger partial charge is 0.276 e. The van der Waals surface area contributed by atoms with Crippen molar-refractivity contribution in [3.8, 4) is 0 Å². The van der Waals surface area contributed by atoms with Gasteiger partial charge in [-0.3, -0.25) is 8.97 Å². The van der Waals surface area contributed by atoms with Gasteiger partial charge in [0.05, 0.1) is 34.6 Å². The van der Waals surface area contributed by atoms with Gasteiger partial charge >= 0.3 is 0 Å². The van der Waals surface area contributed by atoms with E-state index in [1.807, 2.05) is 0 Å². The van der Waals surface area contributed by atoms with Crippen LogP contribution in [0, 0.1) is 0 Å². The molecule has 0 aromatic carbocycles. The number of hydrogen-bond donors (Lipinski definition) is 0. The monoisotopic (exact) mass is 198 g/mol. The summed E-state index contributed by atoms with van der Waals surface area (Å²) in [6, 6.07) is 0. The second kappa shape index (κ2) is 4.03. The Hall–Kier alpha value is -0.340. The summed E-state index contributed by atoms with van der Waals surface area (Å²) in [6.07, 6.45) is 8.02. The average Bonchev–Trinajstić information content (AvgIpc) is 2.15. The molecular weight excluding hydrogens is 172 g/mol. The van der Waals surface area contributed by atoms with E-state index in [2.05, 4.69) is 47.3 Å². The van der Waals surface area contributed by atoms with Gasteiger partial charge in [-0.15, -0.1) is 0 Å². The first kappa shape index (κ1) is 11.7. The van der Waals surface area contributed by atoms with E-state index in [-0.39, 0.29) is 0 Å². The molecule has 0 unspecified atom stereocenters. The number of hydrogen-bond acceptors (Lipinski definition) is 0. The SMILES string of the molecule is CCCC1[N+](C)(C)CC=CC[N+]1(C)C. The fourth-order valence-corrected chi connectivity index (χ4v) is 2.74. The van der Waals surface area contributed by atoms with Gasteiger partial charge in [0.25, 0.3) is 0 Å². The maximum atomic E-state index is 2.36. The topological polar surface area (TPSA) is 0 Å². The minimum Gasteiger partial charge on any atom is -0.276 e. The van der Waals surface area contributed by atoms with Gasteiger partial charge in [-0.25, -0.2) is 0 Å². The van der Waals surface area contributed by atoms with E-state index in [0.717, 1.165) is 15.1 Å². The van der Waals surface area contributed by atoms with E-state index in [0.29, 0.717) is 0 Å². The number of likely N-dealkylation sites (N-methyl/N-ethyl adjacent to an activating group) is 2. The zero-order chi connectivity index (χ0) is 10.8. The lowest BCUT2D eigenvalue weighted by molar-refractivity contribution is -1.10. The molecule has 0 aliphatic carbocycles. The molecule has 0 bridgehead atoms. The summed E-state index contributed by atoms with van der Waals surface area (Å²) in [5, 5.41) is 0. The lowest BCUT2D eigenvalue weighted by Gasteiger charge is -2.44. The molecule has 0 N–H and O–H groups in total. The smallest absolute Gasteiger partial charge is 0.216 e. The van der Waals surface area contributed by atoms with Gasteiger partial charge in [-0.2, -0.15) is 0 Å². The van der Waals surface area contributed by atoms with Crippen molar-refractivity contribution in [2.45, 2.75) is 25.9 Å². The van der Waals surface area contributed by atoms with Gasteiger partial charge in [0, 0.05) is 0 Å². The Bertz CT molecular complexity index is 196. The normalized spacial score (nSPS) is 26.1. The van der Waals surface area contributed by atoms with Gasteiger partial charge in [-0.05, 0) is 18.6 Å². The molecule has 0 radical (unpaired) electrons. The van der Waals surface area contributed by atoms with Crippen LogP contribution in [0.3, 0.4) is 0 Å². The van der Waals surface area contributed by atoms with Gasteiger partial charge < -0.3 is 0 Å². The van der Waals surface area contributed by atoms with Crippen molar-refractivity contribution in [1.29, 1.82) is 0 Å². The molecule has 1 heterocycles. The minimum atomic E-state index is 0.731. The maximum absolute atomic E-state index is 2.36. The molecule has 0 amide bonds. The van der Waals surface area contributed by atoms with Crippen LogP contribution in [0.15, 0.2) is 12.2 Å². The van der Waals surface area contributed by atoms with Crippen LogP contribution < -0.4 is 0 Å². The van der Waals surface area contributed by atoms with Crippen molar-refractivity contribution in [2.24, 2.45) is 0 Å². The third-order valence-corrected chi connectivity index (χ3v) is 3.48. The predicted molar refractivity (Wildman–Crippen MR) is 61.8 cm³/mol. The first-order valence-corrected chi connectivity index (χ1v) is 5.70. The number of nitrogens with zero attached hydrogens (tertiary/aromatic N) is 2. The van der Waals surface area contributed by atoms with Crippen molar-refractivity contribution >= 4 is 0 Å². The van der Waals surface area contributed by atoms with Crippen LogP contribution >= 0.6 is 0 Å². The molecule has 14 heavy (non-hydrogen) atoms. The summed E-state index contributed by atoms with van der Waals surface area (Å²) in [5.74, 6) is 0. The molecule has 1 aliphatic heterocycles. The van der Waals surface area contributed by atoms with Crippen molar-refractivity contribution in [2.75, 3.05) is 41.3 Å². The van der Waals surface area contributed by atoms with Gasteiger partial charge in [0.15, 0.2) is 0 Å². The summed E-state index contributed by atoms with van der Waals surface area (Å²) in [5.41, 5.74) is 0. The van der Waals surface area contributed by atoms with E-state index in [1.165, 1.54) is 25.9 Å². The van der Waals surface area contributed by atoms with Crippen molar-refractivity contribution in [3.63, 3.8) is 0 Å². The molecule has 0 spiro atoms. The van der Waals surface area contributed by atoms with Gasteiger partial charge in [0.2, 0.25) is 6.17 Å². The second-order valence-corrected chi connectivity index (χ2v) is 5.66. The van der Waals surface area contributed by atoms with Crippen molar-refractivity contribution in [1.82, 2.24) is 0 Å². The number of rotatable bonds is 2. The lowest BCUT2D eigenvalue weighted by Crippen LogP contribution is -2.63. The Morgan fingerprint density at radius 3 is 1.79 bits per heavy atom. The molecule has 1 aliphatic rings. The fourth-order valence-electron chi connectivity index (χ4n) is 2.74. The van der Waals surface area contributed by atoms with E-state index in [9.17, 15) is 0 Å². The molecule has 2 nitrogen and oxygen atoms in total. The van der Waals surface area contributed by atoms with Crippen LogP contribution in [0.25, 0.3) is 0 Å². The number of quaternary nitrogens is 2. The molecular formula is C12H26N2+2. The van der Waals surface area contributed by atoms with Crippen LogP contribution in [0.2, 0.25) is 0 Å². The second-order valence-electron chi connectivity index (χ2n) is 5.66. The summed E-state index contributed by atoms with van der Waals surface area (Å²) >= 11 is 0. The first-order chi connectivity index (χ1) is 6.40. The van der Waals surface area contributed by atoms with Crippen LogP contribution in [0.4, 0.5) is 0 Å². The van der Waals surface area contributed by atoms with Crippen molar-refractivity contribution in [3.05, 3.63) is 12.2 Å². The molecule has 0 fully saturated rings. The predicted octanol–water partition coefficient (Wildman–Crippen LogP) is 1.84. The third kappa shape index (κ3) is 2.37. The van der Waals surface area contributed by atoms with Gasteiger partial charge in [0.1, 0.15) is 13.1 Å². The standard InChI is InChI=1S/C12H26N2/c1-6-9-12-13(2,3)10-7-8-11-14(12,4)5/h7-8,12H,6,9-11H2,1-5H3/q+2. The van der Waals surface area contributed by atoms with E-state index in [1.54, 1.807) is 0 Å². The molecule has 0 aromatic rings. The Balaban J connectivity index is 2.90. The first-order valence-electron chi connectivity index (χ1n) is 5.70. The molecule has 2 heteroatoms. The molecule has 0 saturated carbocycles. The summed E-state index contributed by atoms with van der Waals surface area (Å²) in [4.78, 5) is 0.